The van der Waals surface area contributed by atoms with E-state index < -0.39 is 16.0 Å². The molecule has 0 fully saturated rings. The van der Waals surface area contributed by atoms with E-state index in [0.717, 1.165) is 5.56 Å². The molecule has 2 aromatic carbocycles. The van der Waals surface area contributed by atoms with Gasteiger partial charge in [-0.2, -0.15) is 0 Å². The summed E-state index contributed by atoms with van der Waals surface area (Å²) in [6, 6.07) is 13.1. The normalized spacial score (nSPS) is 12.0. The van der Waals surface area contributed by atoms with Crippen LogP contribution in [0.2, 0.25) is 0 Å². The Morgan fingerprint density at radius 1 is 1.13 bits per heavy atom. The van der Waals surface area contributed by atoms with Crippen molar-refractivity contribution in [2.45, 2.75) is 18.7 Å². The molecule has 23 heavy (non-hydrogen) atoms. The molecule has 0 spiro atoms. The third-order valence-electron chi connectivity index (χ3n) is 3.19. The summed E-state index contributed by atoms with van der Waals surface area (Å²) in [6.07, 6.45) is 1.48. The van der Waals surface area contributed by atoms with Gasteiger partial charge in [-0.25, -0.2) is 13.2 Å². The van der Waals surface area contributed by atoms with Crippen LogP contribution in [-0.2, 0) is 14.8 Å². The molecule has 0 aliphatic carbocycles. The number of carbonyl (C=O) groups is 1. The molecule has 2 N–H and O–H groups in total. The number of carboxylic acid groups (broad SMARTS) is 1. The fourth-order valence-electron chi connectivity index (χ4n) is 1.94. The lowest BCUT2D eigenvalue weighted by Gasteiger charge is -2.09. The van der Waals surface area contributed by atoms with Crippen LogP contribution in [0.4, 0.5) is 5.69 Å². The quantitative estimate of drug-likeness (QED) is 0.824. The van der Waals surface area contributed by atoms with Crippen LogP contribution < -0.4 is 4.72 Å². The molecule has 0 unspecified atom stereocenters. The Morgan fingerprint density at radius 2 is 1.78 bits per heavy atom. The first-order chi connectivity index (χ1) is 10.8. The molecule has 5 nitrogen and oxygen atoms in total. The number of carboxylic acids is 1. The second kappa shape index (κ2) is 6.66. The van der Waals surface area contributed by atoms with Gasteiger partial charge >= 0.3 is 5.97 Å². The van der Waals surface area contributed by atoms with Crippen molar-refractivity contribution >= 4 is 27.8 Å². The van der Waals surface area contributed by atoms with Gasteiger partial charge in [-0.1, -0.05) is 29.8 Å². The zero-order valence-corrected chi connectivity index (χ0v) is 13.6. The van der Waals surface area contributed by atoms with E-state index in [9.17, 15) is 13.2 Å². The van der Waals surface area contributed by atoms with Crippen LogP contribution in [0, 0.1) is 6.92 Å². The second-order valence-corrected chi connectivity index (χ2v) is 6.86. The van der Waals surface area contributed by atoms with E-state index in [1.807, 2.05) is 6.92 Å². The van der Waals surface area contributed by atoms with Gasteiger partial charge in [-0.05, 0) is 49.8 Å². The average molecular weight is 331 g/mol. The van der Waals surface area contributed by atoms with Gasteiger partial charge in [0.2, 0.25) is 0 Å². The van der Waals surface area contributed by atoms with E-state index in [0.29, 0.717) is 11.3 Å². The van der Waals surface area contributed by atoms with Crippen molar-refractivity contribution in [3.8, 4) is 0 Å². The first-order valence-electron chi connectivity index (χ1n) is 6.89. The predicted octanol–water partition coefficient (Wildman–Crippen LogP) is 3.28. The summed E-state index contributed by atoms with van der Waals surface area (Å²) in [4.78, 5) is 11.0. The maximum absolute atomic E-state index is 12.3. The van der Waals surface area contributed by atoms with Crippen molar-refractivity contribution < 1.29 is 18.3 Å². The van der Waals surface area contributed by atoms with Gasteiger partial charge in [0.15, 0.2) is 0 Å². The molecule has 0 aliphatic heterocycles. The molecule has 2 aromatic rings. The number of aliphatic carboxylic acids is 1. The molecule has 0 bridgehead atoms. The molecule has 0 atom stereocenters. The largest absolute Gasteiger partial charge is 0.478 e. The van der Waals surface area contributed by atoms with Gasteiger partial charge in [-0.3, -0.25) is 4.72 Å². The minimum atomic E-state index is -3.68. The number of anilines is 1. The number of sulfonamides is 1. The highest BCUT2D eigenvalue weighted by Gasteiger charge is 2.13. The van der Waals surface area contributed by atoms with Crippen LogP contribution in [0.5, 0.6) is 0 Å². The van der Waals surface area contributed by atoms with Crippen molar-refractivity contribution in [2.75, 3.05) is 4.72 Å². The van der Waals surface area contributed by atoms with Crippen molar-refractivity contribution in [3.05, 3.63) is 65.2 Å². The standard InChI is InChI=1S/C17H17NO4S/c1-12-6-8-16(9-7-12)23(21,22)18-15-5-3-4-14(11-15)10-13(2)17(19)20/h3-11,18H,1-2H3,(H,19,20). The van der Waals surface area contributed by atoms with Crippen LogP contribution in [0.15, 0.2) is 59.0 Å². The molecular formula is C17H17NO4S. The van der Waals surface area contributed by atoms with Crippen molar-refractivity contribution in [1.82, 2.24) is 0 Å². The van der Waals surface area contributed by atoms with Crippen LogP contribution in [0.25, 0.3) is 6.08 Å². The lowest BCUT2D eigenvalue weighted by Crippen LogP contribution is -2.12. The second-order valence-electron chi connectivity index (χ2n) is 5.18. The summed E-state index contributed by atoms with van der Waals surface area (Å²) in [5.74, 6) is -1.02. The highest BCUT2D eigenvalue weighted by molar-refractivity contribution is 7.92. The van der Waals surface area contributed by atoms with Gasteiger partial charge < -0.3 is 5.11 Å². The van der Waals surface area contributed by atoms with Gasteiger partial charge in [0.1, 0.15) is 0 Å². The first kappa shape index (κ1) is 16.8. The summed E-state index contributed by atoms with van der Waals surface area (Å²) in [7, 11) is -3.68. The van der Waals surface area contributed by atoms with Crippen LogP contribution >= 0.6 is 0 Å². The average Bonchev–Trinajstić information content (AvgIpc) is 2.47. The fraction of sp³-hybridized carbons (Fsp3) is 0.118. The molecule has 0 aliphatic rings. The van der Waals surface area contributed by atoms with Crippen molar-refractivity contribution in [1.29, 1.82) is 0 Å². The number of aryl methyl sites for hydroxylation is 1. The number of nitrogens with one attached hydrogen (secondary N) is 1. The first-order valence-corrected chi connectivity index (χ1v) is 8.37. The van der Waals surface area contributed by atoms with Gasteiger partial charge in [-0.15, -0.1) is 0 Å². The molecule has 120 valence electrons. The lowest BCUT2D eigenvalue weighted by molar-refractivity contribution is -0.132. The van der Waals surface area contributed by atoms with Gasteiger partial charge in [0.25, 0.3) is 10.0 Å². The third kappa shape index (κ3) is 4.43. The van der Waals surface area contributed by atoms with E-state index in [1.54, 1.807) is 36.4 Å². The maximum atomic E-state index is 12.3. The molecule has 0 amide bonds. The topological polar surface area (TPSA) is 83.5 Å². The zero-order chi connectivity index (χ0) is 17.0. The highest BCUT2D eigenvalue weighted by atomic mass is 32.2. The Morgan fingerprint density at radius 3 is 2.39 bits per heavy atom. The highest BCUT2D eigenvalue weighted by Crippen LogP contribution is 2.19. The molecular weight excluding hydrogens is 314 g/mol. The molecule has 0 saturated carbocycles. The van der Waals surface area contributed by atoms with Gasteiger partial charge in [0.05, 0.1) is 4.90 Å². The molecule has 2 rings (SSSR count). The van der Waals surface area contributed by atoms with Crippen LogP contribution in [0.3, 0.4) is 0 Å². The Labute approximate surface area is 135 Å². The predicted molar refractivity (Wildman–Crippen MR) is 89.7 cm³/mol. The summed E-state index contributed by atoms with van der Waals surface area (Å²) >= 11 is 0. The van der Waals surface area contributed by atoms with E-state index in [2.05, 4.69) is 4.72 Å². The Kier molecular flexibility index (Phi) is 4.86. The van der Waals surface area contributed by atoms with E-state index in [1.165, 1.54) is 25.1 Å². The minimum Gasteiger partial charge on any atom is -0.478 e. The van der Waals surface area contributed by atoms with Crippen molar-refractivity contribution in [2.24, 2.45) is 0 Å². The number of rotatable bonds is 5. The fourth-order valence-corrected chi connectivity index (χ4v) is 2.98. The van der Waals surface area contributed by atoms with Crippen LogP contribution in [0.1, 0.15) is 18.1 Å². The molecule has 0 heterocycles. The monoisotopic (exact) mass is 331 g/mol. The number of benzene rings is 2. The van der Waals surface area contributed by atoms with E-state index in [-0.39, 0.29) is 10.5 Å². The number of hydrogen-bond donors (Lipinski definition) is 2. The zero-order valence-electron chi connectivity index (χ0n) is 12.8. The number of hydrogen-bond acceptors (Lipinski definition) is 3. The molecule has 0 aromatic heterocycles. The molecule has 0 radical (unpaired) electrons. The van der Waals surface area contributed by atoms with Crippen LogP contribution in [-0.4, -0.2) is 19.5 Å². The summed E-state index contributed by atoms with van der Waals surface area (Å²) in [5.41, 5.74) is 2.12. The summed E-state index contributed by atoms with van der Waals surface area (Å²) in [6.45, 7) is 3.36. The smallest absolute Gasteiger partial charge is 0.331 e. The maximum Gasteiger partial charge on any atom is 0.331 e. The van der Waals surface area contributed by atoms with E-state index >= 15 is 0 Å². The summed E-state index contributed by atoms with van der Waals surface area (Å²) < 4.78 is 27.2. The Bertz CT molecular complexity index is 852. The SMILES string of the molecule is CC(=Cc1cccc(NS(=O)(=O)c2ccc(C)cc2)c1)C(=O)O. The van der Waals surface area contributed by atoms with E-state index in [4.69, 9.17) is 5.11 Å². The lowest BCUT2D eigenvalue weighted by atomic mass is 10.1. The summed E-state index contributed by atoms with van der Waals surface area (Å²) in [5, 5.41) is 8.89. The molecule has 0 saturated heterocycles. The third-order valence-corrected chi connectivity index (χ3v) is 4.59. The molecule has 6 heteroatoms. The Balaban J connectivity index is 2.28. The minimum absolute atomic E-state index is 0.170. The van der Waals surface area contributed by atoms with Crippen molar-refractivity contribution in [3.63, 3.8) is 0 Å². The van der Waals surface area contributed by atoms with Gasteiger partial charge in [0, 0.05) is 11.3 Å². The Hall–Kier alpha value is -2.60.